The molecule has 0 radical (unpaired) electrons. The van der Waals surface area contributed by atoms with Crippen LogP contribution in [0.4, 0.5) is 19.0 Å². The van der Waals surface area contributed by atoms with Crippen molar-refractivity contribution in [2.45, 2.75) is 12.7 Å². The van der Waals surface area contributed by atoms with Crippen molar-refractivity contribution >= 4 is 17.4 Å². The van der Waals surface area contributed by atoms with Crippen LogP contribution < -0.4 is 10.1 Å². The molecular weight excluding hydrogens is 307 g/mol. The Hall–Kier alpha value is -2.02. The minimum atomic E-state index is -4.37. The molecule has 4 nitrogen and oxygen atoms in total. The van der Waals surface area contributed by atoms with E-state index < -0.39 is 11.7 Å². The van der Waals surface area contributed by atoms with Gasteiger partial charge in [-0.05, 0) is 17.7 Å². The summed E-state index contributed by atoms with van der Waals surface area (Å²) in [5.41, 5.74) is -0.244. The van der Waals surface area contributed by atoms with Gasteiger partial charge in [0.25, 0.3) is 0 Å². The lowest BCUT2D eigenvalue weighted by Crippen LogP contribution is -2.08. The van der Waals surface area contributed by atoms with Crippen molar-refractivity contribution in [2.75, 3.05) is 12.4 Å². The van der Waals surface area contributed by atoms with Gasteiger partial charge in [0.15, 0.2) is 5.82 Å². The van der Waals surface area contributed by atoms with Gasteiger partial charge in [-0.2, -0.15) is 18.2 Å². The smallest absolute Gasteiger partial charge is 0.416 e. The van der Waals surface area contributed by atoms with E-state index in [-0.39, 0.29) is 17.6 Å². The Kier molecular flexibility index (Phi) is 4.52. The number of methoxy groups -OCH3 is 1. The minimum Gasteiger partial charge on any atom is -0.467 e. The van der Waals surface area contributed by atoms with E-state index in [1.807, 2.05) is 0 Å². The Balaban J connectivity index is 2.13. The number of rotatable bonds is 4. The van der Waals surface area contributed by atoms with Crippen LogP contribution in [0, 0.1) is 0 Å². The number of hydrogen-bond acceptors (Lipinski definition) is 4. The van der Waals surface area contributed by atoms with Gasteiger partial charge in [0, 0.05) is 6.54 Å². The molecule has 1 aromatic heterocycles. The second-order valence-corrected chi connectivity index (χ2v) is 4.51. The van der Waals surface area contributed by atoms with E-state index in [2.05, 4.69) is 15.3 Å². The topological polar surface area (TPSA) is 47.0 Å². The maximum atomic E-state index is 12.6. The molecule has 2 aromatic rings. The Morgan fingerprint density at radius 3 is 2.76 bits per heavy atom. The fourth-order valence-corrected chi connectivity index (χ4v) is 1.77. The van der Waals surface area contributed by atoms with Crippen LogP contribution in [-0.2, 0) is 12.7 Å². The van der Waals surface area contributed by atoms with E-state index in [0.717, 1.165) is 12.1 Å². The van der Waals surface area contributed by atoms with E-state index in [0.29, 0.717) is 11.4 Å². The molecule has 21 heavy (non-hydrogen) atoms. The fourth-order valence-electron chi connectivity index (χ4n) is 1.62. The largest absolute Gasteiger partial charge is 0.467 e. The molecule has 0 spiro atoms. The number of benzene rings is 1. The summed E-state index contributed by atoms with van der Waals surface area (Å²) in [6, 6.07) is 5.13. The monoisotopic (exact) mass is 317 g/mol. The minimum absolute atomic E-state index is 0.117. The van der Waals surface area contributed by atoms with Crippen molar-refractivity contribution in [2.24, 2.45) is 0 Å². The average molecular weight is 318 g/mol. The molecular formula is C13H11ClF3N3O. The van der Waals surface area contributed by atoms with Crippen molar-refractivity contribution in [3.05, 3.63) is 46.6 Å². The highest BCUT2D eigenvalue weighted by molar-refractivity contribution is 6.32. The standard InChI is InChI=1S/C13H11ClF3N3O/c1-21-12-19-7-10(14)11(20-12)18-6-8-3-2-4-9(5-8)13(15,16)17/h2-5,7H,6H2,1H3,(H,18,19,20). The van der Waals surface area contributed by atoms with Crippen molar-refractivity contribution in [3.63, 3.8) is 0 Å². The summed E-state index contributed by atoms with van der Waals surface area (Å²) in [5.74, 6) is 0.293. The number of ether oxygens (including phenoxy) is 1. The first kappa shape index (κ1) is 15.4. The van der Waals surface area contributed by atoms with E-state index in [1.54, 1.807) is 6.07 Å². The number of alkyl halides is 3. The van der Waals surface area contributed by atoms with Gasteiger partial charge < -0.3 is 10.1 Å². The van der Waals surface area contributed by atoms with Crippen molar-refractivity contribution < 1.29 is 17.9 Å². The van der Waals surface area contributed by atoms with Gasteiger partial charge in [0.1, 0.15) is 5.02 Å². The molecule has 1 aromatic carbocycles. The van der Waals surface area contributed by atoms with Gasteiger partial charge in [-0.3, -0.25) is 0 Å². The molecule has 0 saturated heterocycles. The zero-order chi connectivity index (χ0) is 15.5. The predicted octanol–water partition coefficient (Wildman–Crippen LogP) is 3.77. The van der Waals surface area contributed by atoms with Crippen LogP contribution in [0.1, 0.15) is 11.1 Å². The van der Waals surface area contributed by atoms with Gasteiger partial charge in [-0.1, -0.05) is 23.7 Å². The normalized spacial score (nSPS) is 11.3. The van der Waals surface area contributed by atoms with Crippen LogP contribution in [-0.4, -0.2) is 17.1 Å². The van der Waals surface area contributed by atoms with Gasteiger partial charge >= 0.3 is 12.2 Å². The van der Waals surface area contributed by atoms with E-state index in [4.69, 9.17) is 16.3 Å². The Labute approximate surface area is 123 Å². The Morgan fingerprint density at radius 1 is 1.33 bits per heavy atom. The molecule has 1 heterocycles. The second-order valence-electron chi connectivity index (χ2n) is 4.10. The first-order chi connectivity index (χ1) is 9.90. The van der Waals surface area contributed by atoms with Crippen LogP contribution in [0.3, 0.4) is 0 Å². The fraction of sp³-hybridized carbons (Fsp3) is 0.231. The number of hydrogen-bond donors (Lipinski definition) is 1. The summed E-state index contributed by atoms with van der Waals surface area (Å²) in [7, 11) is 1.40. The number of aromatic nitrogens is 2. The maximum Gasteiger partial charge on any atom is 0.416 e. The van der Waals surface area contributed by atoms with Gasteiger partial charge in [-0.25, -0.2) is 4.98 Å². The van der Waals surface area contributed by atoms with Crippen molar-refractivity contribution in [1.29, 1.82) is 0 Å². The molecule has 112 valence electrons. The van der Waals surface area contributed by atoms with E-state index in [1.165, 1.54) is 19.4 Å². The number of nitrogens with zero attached hydrogens (tertiary/aromatic N) is 2. The summed E-state index contributed by atoms with van der Waals surface area (Å²) >= 11 is 5.90. The van der Waals surface area contributed by atoms with Crippen LogP contribution in [0.25, 0.3) is 0 Å². The predicted molar refractivity (Wildman–Crippen MR) is 72.4 cm³/mol. The van der Waals surface area contributed by atoms with Gasteiger partial charge in [-0.15, -0.1) is 0 Å². The lowest BCUT2D eigenvalue weighted by molar-refractivity contribution is -0.137. The average Bonchev–Trinajstić information content (AvgIpc) is 2.46. The third-order valence-electron chi connectivity index (χ3n) is 2.62. The molecule has 0 atom stereocenters. The summed E-state index contributed by atoms with van der Waals surface area (Å²) in [4.78, 5) is 7.78. The van der Waals surface area contributed by atoms with Gasteiger partial charge in [0.05, 0.1) is 18.9 Å². The molecule has 0 aliphatic rings. The molecule has 0 bridgehead atoms. The lowest BCUT2D eigenvalue weighted by Gasteiger charge is -2.11. The maximum absolute atomic E-state index is 12.6. The highest BCUT2D eigenvalue weighted by atomic mass is 35.5. The number of anilines is 1. The summed E-state index contributed by atoms with van der Waals surface area (Å²) < 4.78 is 42.7. The molecule has 0 aliphatic carbocycles. The lowest BCUT2D eigenvalue weighted by atomic mass is 10.1. The highest BCUT2D eigenvalue weighted by Gasteiger charge is 2.30. The number of halogens is 4. The first-order valence-corrected chi connectivity index (χ1v) is 6.24. The Morgan fingerprint density at radius 2 is 2.10 bits per heavy atom. The third kappa shape index (κ3) is 3.98. The van der Waals surface area contributed by atoms with E-state index >= 15 is 0 Å². The van der Waals surface area contributed by atoms with Crippen molar-refractivity contribution in [1.82, 2.24) is 9.97 Å². The summed E-state index contributed by atoms with van der Waals surface area (Å²) in [6.45, 7) is 0.143. The van der Waals surface area contributed by atoms with E-state index in [9.17, 15) is 13.2 Å². The molecule has 0 fully saturated rings. The third-order valence-corrected chi connectivity index (χ3v) is 2.90. The van der Waals surface area contributed by atoms with Crippen LogP contribution in [0.15, 0.2) is 30.5 Å². The van der Waals surface area contributed by atoms with Crippen molar-refractivity contribution in [3.8, 4) is 6.01 Å². The zero-order valence-corrected chi connectivity index (χ0v) is 11.7. The first-order valence-electron chi connectivity index (χ1n) is 5.86. The number of nitrogens with one attached hydrogen (secondary N) is 1. The molecule has 0 unspecified atom stereocenters. The molecule has 2 rings (SSSR count). The molecule has 8 heteroatoms. The molecule has 0 saturated carbocycles. The second kappa shape index (κ2) is 6.17. The Bertz CT molecular complexity index is 634. The SMILES string of the molecule is COc1ncc(Cl)c(NCc2cccc(C(F)(F)F)c2)n1. The molecule has 0 aliphatic heterocycles. The van der Waals surface area contributed by atoms with Crippen LogP contribution >= 0.6 is 11.6 Å². The summed E-state index contributed by atoms with van der Waals surface area (Å²) in [5, 5.41) is 3.10. The highest BCUT2D eigenvalue weighted by Crippen LogP contribution is 2.29. The van der Waals surface area contributed by atoms with Crippen LogP contribution in [0.5, 0.6) is 6.01 Å². The summed E-state index contributed by atoms with van der Waals surface area (Å²) in [6.07, 6.45) is -3.02. The van der Waals surface area contributed by atoms with Gasteiger partial charge in [0.2, 0.25) is 0 Å². The zero-order valence-electron chi connectivity index (χ0n) is 10.9. The quantitative estimate of drug-likeness (QED) is 0.932. The molecule has 0 amide bonds. The van der Waals surface area contributed by atoms with Crippen LogP contribution in [0.2, 0.25) is 5.02 Å². The molecule has 1 N–H and O–H groups in total.